The van der Waals surface area contributed by atoms with Crippen LogP contribution in [0.25, 0.3) is 0 Å². The molecule has 15 heavy (non-hydrogen) atoms. The smallest absolute Gasteiger partial charge is 0.0513 e. The molecular formula is C13H18BrN. The second kappa shape index (κ2) is 5.02. The van der Waals surface area contributed by atoms with Crippen LogP contribution in [0.1, 0.15) is 31.2 Å². The zero-order valence-electron chi connectivity index (χ0n) is 9.30. The number of aryl methyl sites for hydroxylation is 1. The van der Waals surface area contributed by atoms with Crippen LogP contribution in [0.5, 0.6) is 0 Å². The largest absolute Gasteiger partial charge is 0.371 e. The molecule has 0 aromatic heterocycles. The highest BCUT2D eigenvalue weighted by molar-refractivity contribution is 9.10. The number of anilines is 1. The number of halogens is 1. The van der Waals surface area contributed by atoms with Gasteiger partial charge in [0.25, 0.3) is 0 Å². The number of hydrogen-bond donors (Lipinski definition) is 0. The van der Waals surface area contributed by atoms with E-state index in [1.165, 1.54) is 54.5 Å². The Kier molecular flexibility index (Phi) is 3.68. The maximum Gasteiger partial charge on any atom is 0.0513 e. The minimum Gasteiger partial charge on any atom is -0.371 e. The van der Waals surface area contributed by atoms with Gasteiger partial charge in [-0.05, 0) is 53.4 Å². The van der Waals surface area contributed by atoms with E-state index in [0.717, 1.165) is 0 Å². The highest BCUT2D eigenvalue weighted by atomic mass is 79.9. The molecule has 0 bridgehead atoms. The van der Waals surface area contributed by atoms with Gasteiger partial charge in [0.1, 0.15) is 0 Å². The predicted octanol–water partition coefficient (Wildman–Crippen LogP) is 4.14. The molecule has 1 aliphatic rings. The molecule has 0 amide bonds. The first-order valence-electron chi connectivity index (χ1n) is 5.78. The van der Waals surface area contributed by atoms with Crippen molar-refractivity contribution in [2.75, 3.05) is 18.0 Å². The summed E-state index contributed by atoms with van der Waals surface area (Å²) >= 11 is 3.65. The van der Waals surface area contributed by atoms with Crippen molar-refractivity contribution in [2.45, 2.75) is 32.6 Å². The summed E-state index contributed by atoms with van der Waals surface area (Å²) in [4.78, 5) is 2.52. The Morgan fingerprint density at radius 1 is 1.07 bits per heavy atom. The van der Waals surface area contributed by atoms with Gasteiger partial charge >= 0.3 is 0 Å². The Balaban J connectivity index is 2.22. The third kappa shape index (κ3) is 2.75. The van der Waals surface area contributed by atoms with Crippen LogP contribution in [0.3, 0.4) is 0 Å². The third-order valence-corrected chi connectivity index (χ3v) is 3.72. The second-order valence-corrected chi connectivity index (χ2v) is 5.21. The van der Waals surface area contributed by atoms with Crippen LogP contribution in [0.15, 0.2) is 22.7 Å². The Hall–Kier alpha value is -0.500. The van der Waals surface area contributed by atoms with Gasteiger partial charge in [0.2, 0.25) is 0 Å². The molecule has 82 valence electrons. The number of nitrogens with zero attached hydrogens (tertiary/aromatic N) is 1. The van der Waals surface area contributed by atoms with E-state index in [4.69, 9.17) is 0 Å². The van der Waals surface area contributed by atoms with E-state index in [2.05, 4.69) is 46.0 Å². The molecule has 0 spiro atoms. The van der Waals surface area contributed by atoms with Gasteiger partial charge in [-0.2, -0.15) is 0 Å². The second-order valence-electron chi connectivity index (χ2n) is 4.36. The molecule has 1 nitrogen and oxygen atoms in total. The molecule has 1 saturated heterocycles. The zero-order valence-corrected chi connectivity index (χ0v) is 10.9. The molecule has 0 saturated carbocycles. The first-order chi connectivity index (χ1) is 7.27. The van der Waals surface area contributed by atoms with E-state index < -0.39 is 0 Å². The minimum absolute atomic E-state index is 1.21. The summed E-state index contributed by atoms with van der Waals surface area (Å²) in [6.45, 7) is 4.58. The van der Waals surface area contributed by atoms with Gasteiger partial charge in [0.15, 0.2) is 0 Å². The number of benzene rings is 1. The van der Waals surface area contributed by atoms with E-state index >= 15 is 0 Å². The summed E-state index contributed by atoms with van der Waals surface area (Å²) in [6, 6.07) is 6.61. The van der Waals surface area contributed by atoms with Crippen LogP contribution in [-0.4, -0.2) is 13.1 Å². The van der Waals surface area contributed by atoms with Crippen LogP contribution in [-0.2, 0) is 0 Å². The Bertz CT molecular complexity index is 327. The highest BCUT2D eigenvalue weighted by Crippen LogP contribution is 2.29. The fourth-order valence-electron chi connectivity index (χ4n) is 2.18. The Morgan fingerprint density at radius 3 is 2.40 bits per heavy atom. The molecule has 0 radical (unpaired) electrons. The molecule has 1 aromatic rings. The lowest BCUT2D eigenvalue weighted by molar-refractivity contribution is 0.726. The van der Waals surface area contributed by atoms with Crippen LogP contribution in [0, 0.1) is 6.92 Å². The summed E-state index contributed by atoms with van der Waals surface area (Å²) in [7, 11) is 0. The van der Waals surface area contributed by atoms with Gasteiger partial charge < -0.3 is 4.90 Å². The first kappa shape index (κ1) is 11.0. The molecule has 2 heteroatoms. The first-order valence-corrected chi connectivity index (χ1v) is 6.58. The van der Waals surface area contributed by atoms with E-state index in [1.54, 1.807) is 0 Å². The highest BCUT2D eigenvalue weighted by Gasteiger charge is 2.12. The summed E-state index contributed by atoms with van der Waals surface area (Å²) in [5.41, 5.74) is 2.72. The van der Waals surface area contributed by atoms with Gasteiger partial charge in [-0.1, -0.05) is 18.9 Å². The van der Waals surface area contributed by atoms with Gasteiger partial charge in [-0.15, -0.1) is 0 Å². The lowest BCUT2D eigenvalue weighted by Crippen LogP contribution is -2.24. The standard InChI is InChI=1S/C13H18BrN/c1-11-6-7-12(14)13(10-11)15-8-4-2-3-5-9-15/h6-7,10H,2-5,8-9H2,1H3. The van der Waals surface area contributed by atoms with Crippen molar-refractivity contribution in [2.24, 2.45) is 0 Å². The average Bonchev–Trinajstić information content (AvgIpc) is 2.50. The van der Waals surface area contributed by atoms with Crippen LogP contribution >= 0.6 is 15.9 Å². The maximum absolute atomic E-state index is 3.65. The molecule has 1 aliphatic heterocycles. The summed E-state index contributed by atoms with van der Waals surface area (Å²) in [5, 5.41) is 0. The van der Waals surface area contributed by atoms with Gasteiger partial charge in [-0.3, -0.25) is 0 Å². The van der Waals surface area contributed by atoms with Crippen LogP contribution in [0.2, 0.25) is 0 Å². The van der Waals surface area contributed by atoms with Gasteiger partial charge in [-0.25, -0.2) is 0 Å². The molecule has 2 rings (SSSR count). The normalized spacial score (nSPS) is 17.6. The average molecular weight is 268 g/mol. The topological polar surface area (TPSA) is 3.24 Å². The molecule has 0 N–H and O–H groups in total. The Morgan fingerprint density at radius 2 is 1.73 bits per heavy atom. The third-order valence-electron chi connectivity index (χ3n) is 3.05. The monoisotopic (exact) mass is 267 g/mol. The van der Waals surface area contributed by atoms with Gasteiger partial charge in [0.05, 0.1) is 5.69 Å². The fourth-order valence-corrected chi connectivity index (χ4v) is 2.67. The molecule has 0 unspecified atom stereocenters. The van der Waals surface area contributed by atoms with Crippen molar-refractivity contribution >= 4 is 21.6 Å². The summed E-state index contributed by atoms with van der Waals surface area (Å²) in [6.07, 6.45) is 5.45. The minimum atomic E-state index is 1.21. The van der Waals surface area contributed by atoms with Gasteiger partial charge in [0, 0.05) is 17.6 Å². The summed E-state index contributed by atoms with van der Waals surface area (Å²) in [5.74, 6) is 0. The molecule has 0 atom stereocenters. The maximum atomic E-state index is 3.65. The molecular weight excluding hydrogens is 250 g/mol. The quantitative estimate of drug-likeness (QED) is 0.740. The Labute approximate surface area is 101 Å². The number of hydrogen-bond acceptors (Lipinski definition) is 1. The summed E-state index contributed by atoms with van der Waals surface area (Å²) < 4.78 is 1.23. The molecule has 0 aliphatic carbocycles. The van der Waals surface area contributed by atoms with Crippen molar-refractivity contribution in [3.05, 3.63) is 28.2 Å². The number of rotatable bonds is 1. The van der Waals surface area contributed by atoms with E-state index in [1.807, 2.05) is 0 Å². The van der Waals surface area contributed by atoms with Crippen molar-refractivity contribution in [1.29, 1.82) is 0 Å². The van der Waals surface area contributed by atoms with Crippen LogP contribution < -0.4 is 4.90 Å². The molecule has 1 aromatic carbocycles. The van der Waals surface area contributed by atoms with Crippen molar-refractivity contribution in [3.8, 4) is 0 Å². The van der Waals surface area contributed by atoms with E-state index in [9.17, 15) is 0 Å². The van der Waals surface area contributed by atoms with Crippen LogP contribution in [0.4, 0.5) is 5.69 Å². The van der Waals surface area contributed by atoms with Crippen molar-refractivity contribution in [1.82, 2.24) is 0 Å². The molecule has 1 heterocycles. The SMILES string of the molecule is Cc1ccc(Br)c(N2CCCCCC2)c1. The van der Waals surface area contributed by atoms with Crippen molar-refractivity contribution < 1.29 is 0 Å². The van der Waals surface area contributed by atoms with E-state index in [0.29, 0.717) is 0 Å². The van der Waals surface area contributed by atoms with E-state index in [-0.39, 0.29) is 0 Å². The zero-order chi connectivity index (χ0) is 10.7. The predicted molar refractivity (Wildman–Crippen MR) is 69.6 cm³/mol. The lowest BCUT2D eigenvalue weighted by Gasteiger charge is -2.24. The van der Waals surface area contributed by atoms with Crippen molar-refractivity contribution in [3.63, 3.8) is 0 Å². The lowest BCUT2D eigenvalue weighted by atomic mass is 10.2. The molecule has 1 fully saturated rings. The fraction of sp³-hybridized carbons (Fsp3) is 0.538.